The summed E-state index contributed by atoms with van der Waals surface area (Å²) >= 11 is 0. The number of imidazole rings is 1. The number of aryl methyl sites for hydroxylation is 2. The first-order valence-corrected chi connectivity index (χ1v) is 8.41. The predicted octanol–water partition coefficient (Wildman–Crippen LogP) is 3.51. The first kappa shape index (κ1) is 14.9. The number of benzene rings is 2. The van der Waals surface area contributed by atoms with Gasteiger partial charge in [-0.2, -0.15) is 0 Å². The minimum atomic E-state index is 0.110. The Hall–Kier alpha value is -2.62. The van der Waals surface area contributed by atoms with Gasteiger partial charge in [0.15, 0.2) is 0 Å². The molecule has 24 heavy (non-hydrogen) atoms. The van der Waals surface area contributed by atoms with Crippen LogP contribution in [0.1, 0.15) is 34.1 Å². The van der Waals surface area contributed by atoms with Gasteiger partial charge in [-0.25, -0.2) is 4.98 Å². The maximum Gasteiger partial charge on any atom is 0.253 e. The second-order valence-electron chi connectivity index (χ2n) is 6.57. The number of aromatic nitrogens is 2. The van der Waals surface area contributed by atoms with Crippen LogP contribution in [0.15, 0.2) is 48.5 Å². The molecule has 4 nitrogen and oxygen atoms in total. The maximum absolute atomic E-state index is 12.9. The van der Waals surface area contributed by atoms with E-state index in [0.717, 1.165) is 41.9 Å². The van der Waals surface area contributed by atoms with E-state index in [2.05, 4.69) is 29.2 Å². The molecule has 0 radical (unpaired) electrons. The molecule has 0 aliphatic carbocycles. The van der Waals surface area contributed by atoms with Crippen LogP contribution in [-0.2, 0) is 7.05 Å². The van der Waals surface area contributed by atoms with Crippen LogP contribution in [-0.4, -0.2) is 33.4 Å². The summed E-state index contributed by atoms with van der Waals surface area (Å²) in [6.45, 7) is 3.59. The highest BCUT2D eigenvalue weighted by Crippen LogP contribution is 2.28. The maximum atomic E-state index is 12.9. The largest absolute Gasteiger partial charge is 0.338 e. The van der Waals surface area contributed by atoms with Gasteiger partial charge >= 0.3 is 0 Å². The highest BCUT2D eigenvalue weighted by Gasteiger charge is 2.28. The van der Waals surface area contributed by atoms with E-state index in [4.69, 9.17) is 0 Å². The zero-order valence-electron chi connectivity index (χ0n) is 14.1. The van der Waals surface area contributed by atoms with Crippen LogP contribution in [0.5, 0.6) is 0 Å². The standard InChI is InChI=1S/C20H21N3O/c1-14-21-18-12-16(8-9-19(18)22(14)2)20(24)23-11-10-17(13-23)15-6-4-3-5-7-15/h3-9,12,17H,10-11,13H2,1-2H3. The summed E-state index contributed by atoms with van der Waals surface area (Å²) in [5.41, 5.74) is 4.00. The highest BCUT2D eigenvalue weighted by atomic mass is 16.2. The van der Waals surface area contributed by atoms with Crippen LogP contribution in [0.25, 0.3) is 11.0 Å². The number of carbonyl (C=O) groups is 1. The van der Waals surface area contributed by atoms with Crippen LogP contribution in [0, 0.1) is 6.92 Å². The molecule has 1 aliphatic rings. The van der Waals surface area contributed by atoms with Crippen molar-refractivity contribution in [2.45, 2.75) is 19.3 Å². The van der Waals surface area contributed by atoms with Crippen molar-refractivity contribution in [2.24, 2.45) is 7.05 Å². The smallest absolute Gasteiger partial charge is 0.253 e. The molecular weight excluding hydrogens is 298 g/mol. The lowest BCUT2D eigenvalue weighted by Crippen LogP contribution is -2.28. The van der Waals surface area contributed by atoms with E-state index in [1.54, 1.807) is 0 Å². The molecule has 0 spiro atoms. The Bertz CT molecular complexity index is 898. The van der Waals surface area contributed by atoms with Crippen molar-refractivity contribution in [1.82, 2.24) is 14.5 Å². The Morgan fingerprint density at radius 2 is 1.96 bits per heavy atom. The average molecular weight is 319 g/mol. The Morgan fingerprint density at radius 1 is 1.17 bits per heavy atom. The Balaban J connectivity index is 1.56. The van der Waals surface area contributed by atoms with Crippen molar-refractivity contribution in [1.29, 1.82) is 0 Å². The van der Waals surface area contributed by atoms with Gasteiger partial charge in [0.1, 0.15) is 5.82 Å². The van der Waals surface area contributed by atoms with Crippen molar-refractivity contribution in [3.8, 4) is 0 Å². The van der Waals surface area contributed by atoms with E-state index in [1.807, 2.05) is 47.7 Å². The normalized spacial score (nSPS) is 17.6. The molecule has 1 aliphatic heterocycles. The van der Waals surface area contributed by atoms with Crippen molar-refractivity contribution in [3.05, 3.63) is 65.5 Å². The van der Waals surface area contributed by atoms with Gasteiger partial charge in [0.2, 0.25) is 0 Å². The quantitative estimate of drug-likeness (QED) is 0.725. The van der Waals surface area contributed by atoms with Gasteiger partial charge in [-0.1, -0.05) is 30.3 Å². The Kier molecular flexibility index (Phi) is 3.60. The molecule has 1 unspecified atom stereocenters. The molecule has 4 heteroatoms. The van der Waals surface area contributed by atoms with Crippen LogP contribution >= 0.6 is 0 Å². The van der Waals surface area contributed by atoms with Crippen LogP contribution in [0.3, 0.4) is 0 Å². The van der Waals surface area contributed by atoms with Gasteiger partial charge < -0.3 is 9.47 Å². The minimum Gasteiger partial charge on any atom is -0.338 e. The molecular formula is C20H21N3O. The van der Waals surface area contributed by atoms with E-state index < -0.39 is 0 Å². The van der Waals surface area contributed by atoms with Gasteiger partial charge in [-0.05, 0) is 37.1 Å². The molecule has 2 aromatic carbocycles. The molecule has 0 bridgehead atoms. The van der Waals surface area contributed by atoms with Gasteiger partial charge in [0, 0.05) is 31.6 Å². The molecule has 3 aromatic rings. The lowest BCUT2D eigenvalue weighted by Gasteiger charge is -2.17. The number of rotatable bonds is 2. The van der Waals surface area contributed by atoms with Gasteiger partial charge in [0.05, 0.1) is 11.0 Å². The third-order valence-corrected chi connectivity index (χ3v) is 5.10. The second kappa shape index (κ2) is 5.78. The highest BCUT2D eigenvalue weighted by molar-refractivity contribution is 5.97. The molecule has 122 valence electrons. The fourth-order valence-corrected chi connectivity index (χ4v) is 3.58. The minimum absolute atomic E-state index is 0.110. The average Bonchev–Trinajstić information content (AvgIpc) is 3.21. The van der Waals surface area contributed by atoms with Crippen molar-refractivity contribution in [3.63, 3.8) is 0 Å². The van der Waals surface area contributed by atoms with Crippen LogP contribution in [0.4, 0.5) is 0 Å². The molecule has 0 N–H and O–H groups in total. The van der Waals surface area contributed by atoms with Crippen molar-refractivity contribution < 1.29 is 4.79 Å². The lowest BCUT2D eigenvalue weighted by molar-refractivity contribution is 0.0791. The number of hydrogen-bond acceptors (Lipinski definition) is 2. The summed E-state index contributed by atoms with van der Waals surface area (Å²) in [4.78, 5) is 19.4. The molecule has 1 aromatic heterocycles. The molecule has 1 atom stereocenters. The number of fused-ring (bicyclic) bond motifs is 1. The molecule has 2 heterocycles. The predicted molar refractivity (Wildman–Crippen MR) is 95.2 cm³/mol. The summed E-state index contributed by atoms with van der Waals surface area (Å²) < 4.78 is 2.05. The van der Waals surface area contributed by atoms with Crippen LogP contribution in [0.2, 0.25) is 0 Å². The third kappa shape index (κ3) is 2.48. The summed E-state index contributed by atoms with van der Waals surface area (Å²) in [6, 6.07) is 16.3. The molecule has 4 rings (SSSR count). The summed E-state index contributed by atoms with van der Waals surface area (Å²) in [7, 11) is 2.00. The van der Waals surface area contributed by atoms with Gasteiger partial charge in [-0.3, -0.25) is 4.79 Å². The fourth-order valence-electron chi connectivity index (χ4n) is 3.58. The molecule has 0 saturated carbocycles. The van der Waals surface area contributed by atoms with Gasteiger partial charge in [0.25, 0.3) is 5.91 Å². The summed E-state index contributed by atoms with van der Waals surface area (Å²) in [6.07, 6.45) is 1.03. The summed E-state index contributed by atoms with van der Waals surface area (Å²) in [5, 5.41) is 0. The Morgan fingerprint density at radius 3 is 2.75 bits per heavy atom. The van der Waals surface area contributed by atoms with E-state index >= 15 is 0 Å². The zero-order valence-corrected chi connectivity index (χ0v) is 14.1. The van der Waals surface area contributed by atoms with E-state index in [1.165, 1.54) is 5.56 Å². The zero-order chi connectivity index (χ0) is 16.7. The molecule has 1 saturated heterocycles. The van der Waals surface area contributed by atoms with Crippen molar-refractivity contribution in [2.75, 3.05) is 13.1 Å². The van der Waals surface area contributed by atoms with E-state index in [-0.39, 0.29) is 5.91 Å². The number of nitrogens with zero attached hydrogens (tertiary/aromatic N) is 3. The monoisotopic (exact) mass is 319 g/mol. The van der Waals surface area contributed by atoms with Gasteiger partial charge in [-0.15, -0.1) is 0 Å². The SMILES string of the molecule is Cc1nc2cc(C(=O)N3CCC(c4ccccc4)C3)ccc2n1C. The lowest BCUT2D eigenvalue weighted by atomic mass is 9.99. The number of carbonyl (C=O) groups excluding carboxylic acids is 1. The third-order valence-electron chi connectivity index (χ3n) is 5.10. The summed E-state index contributed by atoms with van der Waals surface area (Å²) in [5.74, 6) is 1.51. The first-order chi connectivity index (χ1) is 11.6. The van der Waals surface area contributed by atoms with E-state index in [9.17, 15) is 4.79 Å². The first-order valence-electron chi connectivity index (χ1n) is 8.41. The van der Waals surface area contributed by atoms with E-state index in [0.29, 0.717) is 5.92 Å². The number of likely N-dealkylation sites (tertiary alicyclic amines) is 1. The second-order valence-corrected chi connectivity index (χ2v) is 6.57. The molecule has 1 amide bonds. The number of amides is 1. The van der Waals surface area contributed by atoms with Crippen molar-refractivity contribution >= 4 is 16.9 Å². The molecule has 1 fully saturated rings. The Labute approximate surface area is 141 Å². The van der Waals surface area contributed by atoms with Crippen LogP contribution < -0.4 is 0 Å². The number of hydrogen-bond donors (Lipinski definition) is 0. The fraction of sp³-hybridized carbons (Fsp3) is 0.300. The topological polar surface area (TPSA) is 38.1 Å².